The molecule has 0 heterocycles. The fraction of sp³-hybridized carbons (Fsp3) is 0.963. The van der Waals surface area contributed by atoms with Gasteiger partial charge in [-0.15, -0.1) is 0 Å². The van der Waals surface area contributed by atoms with Crippen LogP contribution in [0.5, 0.6) is 0 Å². The number of carbonyl (C=O) groups is 1. The third-order valence-electron chi connectivity index (χ3n) is 10.8. The molecule has 1 amide bonds. The number of aliphatic hydroxyl groups excluding tert-OH is 1. The molecule has 2 N–H and O–H groups in total. The van der Waals surface area contributed by atoms with Crippen LogP contribution in [0.25, 0.3) is 0 Å². The van der Waals surface area contributed by atoms with Gasteiger partial charge in [-0.25, -0.2) is 0 Å². The zero-order valence-electron chi connectivity index (χ0n) is 20.1. The quantitative estimate of drug-likeness (QED) is 0.561. The predicted molar refractivity (Wildman–Crippen MR) is 123 cm³/mol. The largest absolute Gasteiger partial charge is 0.393 e. The second-order valence-corrected chi connectivity index (χ2v) is 12.2. The van der Waals surface area contributed by atoms with Gasteiger partial charge in [0.15, 0.2) is 0 Å². The summed E-state index contributed by atoms with van der Waals surface area (Å²) in [6.45, 7) is 10.6. The number of carbonyl (C=O) groups excluding carboxylic acids is 1. The number of rotatable bonds is 6. The average molecular weight is 418 g/mol. The van der Waals surface area contributed by atoms with Crippen LogP contribution >= 0.6 is 0 Å². The fourth-order valence-electron chi connectivity index (χ4n) is 9.12. The summed E-state index contributed by atoms with van der Waals surface area (Å²) in [6, 6.07) is 0. The molecule has 4 rings (SSSR count). The van der Waals surface area contributed by atoms with Gasteiger partial charge >= 0.3 is 0 Å². The first-order valence-corrected chi connectivity index (χ1v) is 13.2. The van der Waals surface area contributed by atoms with Gasteiger partial charge < -0.3 is 10.4 Å². The Hall–Kier alpha value is -0.570. The van der Waals surface area contributed by atoms with E-state index in [1.165, 1.54) is 44.9 Å². The minimum absolute atomic E-state index is 0.0419. The van der Waals surface area contributed by atoms with E-state index in [1.807, 2.05) is 0 Å². The molecule has 4 aliphatic carbocycles. The summed E-state index contributed by atoms with van der Waals surface area (Å²) in [5.41, 5.74) is 0.961. The molecule has 9 unspecified atom stereocenters. The van der Waals surface area contributed by atoms with Crippen molar-refractivity contribution in [2.45, 2.75) is 111 Å². The summed E-state index contributed by atoms with van der Waals surface area (Å²) < 4.78 is 0. The molecule has 0 aromatic carbocycles. The van der Waals surface area contributed by atoms with Gasteiger partial charge in [-0.2, -0.15) is 0 Å². The Morgan fingerprint density at radius 3 is 2.53 bits per heavy atom. The molecular formula is C27H47NO2. The maximum absolute atomic E-state index is 12.1. The smallest absolute Gasteiger partial charge is 0.220 e. The molecule has 172 valence electrons. The molecule has 0 aliphatic heterocycles. The number of amides is 1. The Labute approximate surface area is 185 Å². The van der Waals surface area contributed by atoms with Gasteiger partial charge in [0.25, 0.3) is 0 Å². The van der Waals surface area contributed by atoms with Gasteiger partial charge in [-0.1, -0.05) is 27.7 Å². The monoisotopic (exact) mass is 417 g/mol. The zero-order chi connectivity index (χ0) is 21.5. The lowest BCUT2D eigenvalue weighted by Gasteiger charge is -2.61. The highest BCUT2D eigenvalue weighted by atomic mass is 16.3. The highest BCUT2D eigenvalue weighted by molar-refractivity contribution is 5.75. The Bertz CT molecular complexity index is 620. The molecule has 0 saturated heterocycles. The second-order valence-electron chi connectivity index (χ2n) is 12.2. The average Bonchev–Trinajstić information content (AvgIpc) is 3.08. The predicted octanol–water partition coefficient (Wildman–Crippen LogP) is 5.95. The van der Waals surface area contributed by atoms with Crippen LogP contribution in [0.1, 0.15) is 105 Å². The van der Waals surface area contributed by atoms with E-state index in [1.54, 1.807) is 0 Å². The molecule has 4 saturated carbocycles. The Morgan fingerprint density at radius 1 is 1.03 bits per heavy atom. The van der Waals surface area contributed by atoms with E-state index < -0.39 is 0 Å². The molecule has 30 heavy (non-hydrogen) atoms. The fourth-order valence-corrected chi connectivity index (χ4v) is 9.12. The van der Waals surface area contributed by atoms with Gasteiger partial charge in [-0.05, 0) is 117 Å². The molecule has 3 nitrogen and oxygen atoms in total. The maximum Gasteiger partial charge on any atom is 0.220 e. The van der Waals surface area contributed by atoms with E-state index >= 15 is 0 Å². The van der Waals surface area contributed by atoms with Crippen molar-refractivity contribution in [3.8, 4) is 0 Å². The van der Waals surface area contributed by atoms with E-state index in [9.17, 15) is 9.90 Å². The molecule has 0 bridgehead atoms. The summed E-state index contributed by atoms with van der Waals surface area (Å²) in [6.07, 6.45) is 14.4. The van der Waals surface area contributed by atoms with Crippen LogP contribution in [0, 0.1) is 46.3 Å². The number of hydrogen-bond donors (Lipinski definition) is 2. The van der Waals surface area contributed by atoms with E-state index in [0.717, 1.165) is 61.8 Å². The van der Waals surface area contributed by atoms with Crippen LogP contribution in [-0.4, -0.2) is 23.7 Å². The molecule has 4 aliphatic rings. The van der Waals surface area contributed by atoms with E-state index in [-0.39, 0.29) is 12.0 Å². The van der Waals surface area contributed by atoms with Crippen molar-refractivity contribution >= 4 is 5.91 Å². The first-order valence-electron chi connectivity index (χ1n) is 13.2. The number of hydrogen-bond acceptors (Lipinski definition) is 2. The van der Waals surface area contributed by atoms with Gasteiger partial charge in [0.1, 0.15) is 0 Å². The molecule has 0 radical (unpaired) electrons. The van der Waals surface area contributed by atoms with Crippen molar-refractivity contribution in [3.63, 3.8) is 0 Å². The van der Waals surface area contributed by atoms with Crippen molar-refractivity contribution in [3.05, 3.63) is 0 Å². The SMILES string of the molecule is CCCNC(=O)CCC(C)C1CCC2C3CCC4CC(O)CCC4(C)C3CCC12C. The van der Waals surface area contributed by atoms with Crippen LogP contribution in [0.4, 0.5) is 0 Å². The van der Waals surface area contributed by atoms with Gasteiger partial charge in [-0.3, -0.25) is 4.79 Å². The molecule has 0 aromatic heterocycles. The zero-order valence-corrected chi connectivity index (χ0v) is 20.1. The van der Waals surface area contributed by atoms with Crippen molar-refractivity contribution < 1.29 is 9.90 Å². The molecule has 4 fully saturated rings. The number of nitrogens with one attached hydrogen (secondary N) is 1. The van der Waals surface area contributed by atoms with Crippen LogP contribution in [0.2, 0.25) is 0 Å². The van der Waals surface area contributed by atoms with Crippen molar-refractivity contribution in [2.75, 3.05) is 6.54 Å². The van der Waals surface area contributed by atoms with Gasteiger partial charge in [0, 0.05) is 13.0 Å². The molecule has 0 spiro atoms. The lowest BCUT2D eigenvalue weighted by atomic mass is 9.44. The standard InChI is InChI=1S/C27H47NO2/c1-5-16-28-25(30)11-6-18(2)22-9-10-23-21-8-7-19-17-20(29)12-14-26(19,3)24(21)13-15-27(22,23)4/h18-24,29H,5-17H2,1-4H3,(H,28,30). The summed E-state index contributed by atoms with van der Waals surface area (Å²) in [4.78, 5) is 12.1. The Morgan fingerprint density at radius 2 is 1.77 bits per heavy atom. The molecule has 0 aromatic rings. The Balaban J connectivity index is 1.42. The first kappa shape index (κ1) is 22.6. The second kappa shape index (κ2) is 8.75. The van der Waals surface area contributed by atoms with Gasteiger partial charge in [0.2, 0.25) is 5.91 Å². The summed E-state index contributed by atoms with van der Waals surface area (Å²) >= 11 is 0. The number of aliphatic hydroxyl groups is 1. The van der Waals surface area contributed by atoms with Crippen LogP contribution in [0.15, 0.2) is 0 Å². The minimum atomic E-state index is -0.0419. The lowest BCUT2D eigenvalue weighted by molar-refractivity contribution is -0.129. The molecular weight excluding hydrogens is 370 g/mol. The highest BCUT2D eigenvalue weighted by Gasteiger charge is 2.60. The Kier molecular flexibility index (Phi) is 6.60. The van der Waals surface area contributed by atoms with E-state index in [4.69, 9.17) is 0 Å². The normalized spacial score (nSPS) is 46.4. The number of fused-ring (bicyclic) bond motifs is 5. The first-order chi connectivity index (χ1) is 14.3. The summed E-state index contributed by atoms with van der Waals surface area (Å²) in [7, 11) is 0. The lowest BCUT2D eigenvalue weighted by Crippen LogP contribution is -2.54. The van der Waals surface area contributed by atoms with E-state index in [0.29, 0.717) is 23.2 Å². The van der Waals surface area contributed by atoms with Crippen LogP contribution < -0.4 is 5.32 Å². The topological polar surface area (TPSA) is 49.3 Å². The summed E-state index contributed by atoms with van der Waals surface area (Å²) in [5.74, 6) is 5.13. The third-order valence-corrected chi connectivity index (χ3v) is 10.8. The molecule has 9 atom stereocenters. The van der Waals surface area contributed by atoms with Crippen molar-refractivity contribution in [1.29, 1.82) is 0 Å². The minimum Gasteiger partial charge on any atom is -0.393 e. The van der Waals surface area contributed by atoms with Crippen LogP contribution in [-0.2, 0) is 4.79 Å². The van der Waals surface area contributed by atoms with Crippen LogP contribution in [0.3, 0.4) is 0 Å². The summed E-state index contributed by atoms with van der Waals surface area (Å²) in [5, 5.41) is 13.3. The highest BCUT2D eigenvalue weighted by Crippen LogP contribution is 2.68. The third kappa shape index (κ3) is 3.86. The van der Waals surface area contributed by atoms with Crippen molar-refractivity contribution in [2.24, 2.45) is 46.3 Å². The molecule has 3 heteroatoms. The maximum atomic E-state index is 12.1. The van der Waals surface area contributed by atoms with E-state index in [2.05, 4.69) is 33.0 Å². The van der Waals surface area contributed by atoms with Crippen molar-refractivity contribution in [1.82, 2.24) is 5.32 Å². The van der Waals surface area contributed by atoms with Gasteiger partial charge in [0.05, 0.1) is 6.10 Å².